The molecular formula is C19H15N5O2. The van der Waals surface area contributed by atoms with Crippen molar-refractivity contribution in [3.05, 3.63) is 65.3 Å². The van der Waals surface area contributed by atoms with Crippen molar-refractivity contribution >= 4 is 21.8 Å². The van der Waals surface area contributed by atoms with Gasteiger partial charge in [-0.25, -0.2) is 14.5 Å². The van der Waals surface area contributed by atoms with Gasteiger partial charge in [0, 0.05) is 40.3 Å². The zero-order chi connectivity index (χ0) is 17.7. The maximum absolute atomic E-state index is 12.5. The summed E-state index contributed by atoms with van der Waals surface area (Å²) in [7, 11) is 1.61. The molecule has 0 bridgehead atoms. The molecule has 5 rings (SSSR count). The van der Waals surface area contributed by atoms with Gasteiger partial charge >= 0.3 is 5.69 Å². The molecule has 7 heteroatoms. The van der Waals surface area contributed by atoms with Crippen LogP contribution in [0.5, 0.6) is 5.75 Å². The molecule has 2 aromatic carbocycles. The number of methoxy groups -OCH3 is 1. The molecular weight excluding hydrogens is 330 g/mol. The molecule has 0 radical (unpaired) electrons. The first-order valence-corrected chi connectivity index (χ1v) is 8.15. The Morgan fingerprint density at radius 1 is 0.962 bits per heavy atom. The third-order valence-corrected chi connectivity index (χ3v) is 4.58. The molecule has 3 heterocycles. The van der Waals surface area contributed by atoms with Gasteiger partial charge in [0.05, 0.1) is 18.4 Å². The van der Waals surface area contributed by atoms with E-state index in [0.717, 1.165) is 33.1 Å². The molecule has 0 aliphatic heterocycles. The fourth-order valence-corrected chi connectivity index (χ4v) is 3.32. The van der Waals surface area contributed by atoms with Crippen LogP contribution < -0.4 is 10.4 Å². The average molecular weight is 345 g/mol. The van der Waals surface area contributed by atoms with Crippen molar-refractivity contribution < 1.29 is 4.74 Å². The summed E-state index contributed by atoms with van der Waals surface area (Å²) in [4.78, 5) is 18.8. The van der Waals surface area contributed by atoms with Crippen LogP contribution in [0.25, 0.3) is 38.9 Å². The first-order chi connectivity index (χ1) is 12.7. The Morgan fingerprint density at radius 2 is 1.73 bits per heavy atom. The second kappa shape index (κ2) is 5.38. The Balaban J connectivity index is 1.78. The maximum Gasteiger partial charge on any atom is 0.348 e. The zero-order valence-electron chi connectivity index (χ0n) is 13.9. The van der Waals surface area contributed by atoms with Gasteiger partial charge in [0.2, 0.25) is 0 Å². The molecule has 0 fully saturated rings. The van der Waals surface area contributed by atoms with Crippen LogP contribution in [0.2, 0.25) is 0 Å². The van der Waals surface area contributed by atoms with Crippen molar-refractivity contribution in [2.45, 2.75) is 0 Å². The second-order valence-corrected chi connectivity index (χ2v) is 6.05. The van der Waals surface area contributed by atoms with Gasteiger partial charge < -0.3 is 14.7 Å². The van der Waals surface area contributed by atoms with Gasteiger partial charge in [0.1, 0.15) is 5.75 Å². The lowest BCUT2D eigenvalue weighted by Crippen LogP contribution is -2.15. The highest BCUT2D eigenvalue weighted by atomic mass is 16.5. The molecule has 0 aliphatic carbocycles. The summed E-state index contributed by atoms with van der Waals surface area (Å²) in [5.74, 6) is 1.15. The van der Waals surface area contributed by atoms with Crippen molar-refractivity contribution in [2.24, 2.45) is 0 Å². The van der Waals surface area contributed by atoms with Crippen molar-refractivity contribution in [1.82, 2.24) is 24.7 Å². The summed E-state index contributed by atoms with van der Waals surface area (Å²) >= 11 is 0. The lowest BCUT2D eigenvalue weighted by molar-refractivity contribution is 0.416. The Kier molecular flexibility index (Phi) is 3.02. The predicted octanol–water partition coefficient (Wildman–Crippen LogP) is 3.20. The summed E-state index contributed by atoms with van der Waals surface area (Å²) in [6.45, 7) is 0. The first kappa shape index (κ1) is 14.6. The fourth-order valence-electron chi connectivity index (χ4n) is 3.32. The smallest absolute Gasteiger partial charge is 0.348 e. The summed E-state index contributed by atoms with van der Waals surface area (Å²) < 4.78 is 7.10. The molecule has 5 aromatic rings. The van der Waals surface area contributed by atoms with Crippen LogP contribution in [0, 0.1) is 0 Å². The second-order valence-electron chi connectivity index (χ2n) is 6.05. The summed E-state index contributed by atoms with van der Waals surface area (Å²) in [6.07, 6.45) is 3.74. The topological polar surface area (TPSA) is 91.5 Å². The van der Waals surface area contributed by atoms with E-state index in [4.69, 9.17) is 4.74 Å². The van der Waals surface area contributed by atoms with Gasteiger partial charge in [-0.1, -0.05) is 0 Å². The number of H-pyrrole nitrogens is 3. The van der Waals surface area contributed by atoms with Gasteiger partial charge in [0.25, 0.3) is 0 Å². The van der Waals surface area contributed by atoms with E-state index in [9.17, 15) is 4.79 Å². The van der Waals surface area contributed by atoms with E-state index in [1.54, 1.807) is 11.7 Å². The molecule has 0 saturated carbocycles. The van der Waals surface area contributed by atoms with Gasteiger partial charge in [-0.05, 0) is 36.4 Å². The van der Waals surface area contributed by atoms with Crippen LogP contribution in [0.1, 0.15) is 0 Å². The molecule has 0 unspecified atom stereocenters. The number of benzene rings is 2. The highest BCUT2D eigenvalue weighted by Crippen LogP contribution is 2.33. The lowest BCUT2D eigenvalue weighted by atomic mass is 10.1. The quantitative estimate of drug-likeness (QED) is 0.469. The number of hydrogen-bond acceptors (Lipinski definition) is 3. The van der Waals surface area contributed by atoms with Crippen molar-refractivity contribution in [3.63, 3.8) is 0 Å². The number of ether oxygens (including phenoxy) is 1. The Bertz CT molecular complexity index is 1300. The van der Waals surface area contributed by atoms with Gasteiger partial charge in [-0.15, -0.1) is 0 Å². The highest BCUT2D eigenvalue weighted by Gasteiger charge is 2.18. The summed E-state index contributed by atoms with van der Waals surface area (Å²) in [5.41, 5.74) is 3.15. The van der Waals surface area contributed by atoms with E-state index < -0.39 is 0 Å². The number of nitrogens with one attached hydrogen (secondary N) is 3. The largest absolute Gasteiger partial charge is 0.496 e. The van der Waals surface area contributed by atoms with E-state index >= 15 is 0 Å². The third-order valence-electron chi connectivity index (χ3n) is 4.58. The van der Waals surface area contributed by atoms with Gasteiger partial charge in [0.15, 0.2) is 5.82 Å². The van der Waals surface area contributed by atoms with Crippen LogP contribution in [0.15, 0.2) is 59.7 Å². The molecule has 0 saturated heterocycles. The number of nitrogens with zero attached hydrogens (tertiary/aromatic N) is 2. The van der Waals surface area contributed by atoms with E-state index in [-0.39, 0.29) is 5.69 Å². The fraction of sp³-hybridized carbons (Fsp3) is 0.0526. The van der Waals surface area contributed by atoms with Gasteiger partial charge in [-0.3, -0.25) is 0 Å². The highest BCUT2D eigenvalue weighted by molar-refractivity contribution is 5.88. The average Bonchev–Trinajstić information content (AvgIpc) is 3.38. The molecule has 128 valence electrons. The van der Waals surface area contributed by atoms with Crippen molar-refractivity contribution in [2.75, 3.05) is 7.11 Å². The van der Waals surface area contributed by atoms with E-state index in [1.165, 1.54) is 0 Å². The standard InChI is InChI=1S/C19H15N5O2/c1-26-17-10-16-12(5-7-21-16)9-14(17)18-22-23-19(25)24(18)13-2-3-15-11(8-13)4-6-20-15/h2-10,20-21H,1H3,(H,23,25). The van der Waals surface area contributed by atoms with E-state index in [2.05, 4.69) is 20.2 Å². The minimum Gasteiger partial charge on any atom is -0.496 e. The molecule has 0 amide bonds. The molecule has 3 aromatic heterocycles. The summed E-state index contributed by atoms with van der Waals surface area (Å²) in [6, 6.07) is 13.6. The molecule has 0 atom stereocenters. The number of hydrogen-bond donors (Lipinski definition) is 3. The van der Waals surface area contributed by atoms with Crippen LogP contribution in [-0.4, -0.2) is 31.8 Å². The Labute approximate surface area is 147 Å². The van der Waals surface area contributed by atoms with Crippen LogP contribution in [0.3, 0.4) is 0 Å². The number of aromatic nitrogens is 5. The van der Waals surface area contributed by atoms with Crippen molar-refractivity contribution in [1.29, 1.82) is 0 Å². The third kappa shape index (κ3) is 2.07. The van der Waals surface area contributed by atoms with Crippen LogP contribution in [0.4, 0.5) is 0 Å². The SMILES string of the molecule is COc1cc2[nH]ccc2cc1-c1n[nH]c(=O)n1-c1ccc2[nH]ccc2c1. The van der Waals surface area contributed by atoms with Crippen LogP contribution >= 0.6 is 0 Å². The maximum atomic E-state index is 12.5. The monoisotopic (exact) mass is 345 g/mol. The van der Waals surface area contributed by atoms with Gasteiger partial charge in [-0.2, -0.15) is 5.10 Å². The van der Waals surface area contributed by atoms with Crippen molar-refractivity contribution in [3.8, 4) is 22.8 Å². The van der Waals surface area contributed by atoms with Crippen LogP contribution in [-0.2, 0) is 0 Å². The van der Waals surface area contributed by atoms with E-state index in [1.807, 2.05) is 54.9 Å². The zero-order valence-corrected chi connectivity index (χ0v) is 13.9. The first-order valence-electron chi connectivity index (χ1n) is 8.15. The molecule has 0 aliphatic rings. The molecule has 0 spiro atoms. The Hall–Kier alpha value is -3.74. The van der Waals surface area contributed by atoms with E-state index in [0.29, 0.717) is 11.6 Å². The molecule has 7 nitrogen and oxygen atoms in total. The number of rotatable bonds is 3. The normalized spacial score (nSPS) is 11.4. The number of fused-ring (bicyclic) bond motifs is 2. The molecule has 26 heavy (non-hydrogen) atoms. The minimum atomic E-state index is -0.300. The minimum absolute atomic E-state index is 0.300. The molecule has 3 N–H and O–H groups in total. The summed E-state index contributed by atoms with van der Waals surface area (Å²) in [5, 5.41) is 8.85. The lowest BCUT2D eigenvalue weighted by Gasteiger charge is -2.10. The predicted molar refractivity (Wildman–Crippen MR) is 99.9 cm³/mol. The number of aromatic amines is 3. The Morgan fingerprint density at radius 3 is 2.54 bits per heavy atom.